The maximum atomic E-state index is 13.7. The van der Waals surface area contributed by atoms with Crippen molar-refractivity contribution in [2.45, 2.75) is 62.3 Å². The van der Waals surface area contributed by atoms with Crippen LogP contribution in [-0.4, -0.2) is 47.3 Å². The van der Waals surface area contributed by atoms with E-state index in [2.05, 4.69) is 35.4 Å². The molecule has 41 heavy (non-hydrogen) atoms. The largest absolute Gasteiger partial charge is 0.493 e. The Bertz CT molecular complexity index is 1580. The highest BCUT2D eigenvalue weighted by atomic mass is 16.6. The second-order valence-corrected chi connectivity index (χ2v) is 12.1. The molecule has 2 aliphatic heterocycles. The van der Waals surface area contributed by atoms with Crippen LogP contribution in [0.1, 0.15) is 76.8 Å². The van der Waals surface area contributed by atoms with Crippen LogP contribution in [0.3, 0.4) is 0 Å². The maximum Gasteiger partial charge on any atom is 0.404 e. The molecule has 1 saturated carbocycles. The van der Waals surface area contributed by atoms with E-state index in [0.717, 1.165) is 52.7 Å². The Morgan fingerprint density at radius 3 is 2.73 bits per heavy atom. The number of nitrogens with zero attached hydrogens (tertiary/aromatic N) is 2. The first-order valence-electron chi connectivity index (χ1n) is 14.6. The Morgan fingerprint density at radius 1 is 1.15 bits per heavy atom. The van der Waals surface area contributed by atoms with Gasteiger partial charge in [0.05, 0.1) is 24.7 Å². The predicted octanol–water partition coefficient (Wildman–Crippen LogP) is 4.13. The molecule has 7 rings (SSSR count). The zero-order valence-electron chi connectivity index (χ0n) is 23.2. The van der Waals surface area contributed by atoms with E-state index in [1.54, 1.807) is 4.90 Å². The van der Waals surface area contributed by atoms with E-state index in [4.69, 9.17) is 26.7 Å². The molecule has 2 aliphatic carbocycles. The average Bonchev–Trinajstić information content (AvgIpc) is 3.69. The number of amides is 2. The third kappa shape index (κ3) is 4.21. The molecule has 1 saturated heterocycles. The molecule has 2 aromatic carbocycles. The van der Waals surface area contributed by atoms with Gasteiger partial charge in [-0.2, -0.15) is 0 Å². The summed E-state index contributed by atoms with van der Waals surface area (Å²) in [6.07, 6.45) is 5.23. The van der Waals surface area contributed by atoms with Crippen LogP contribution in [0.4, 0.5) is 4.79 Å². The van der Waals surface area contributed by atoms with Crippen molar-refractivity contribution in [3.05, 3.63) is 70.9 Å². The Kier molecular flexibility index (Phi) is 6.13. The molecule has 0 bridgehead atoms. The standard InChI is InChI=1S/C32H37N5O4/c1-2-18-7-8-20-15-27(37(25(20)12-18)16-19-5-6-19)32(35)24-9-11-40-26-14-21(13-23(28(24)26)29(32)33)30(38)36-10-3-4-22(17-36)41-31(34)39/h2,7-8,12-15,19,22,24,29H,1,3-6,9-11,16-17,33,35H2,(H2,34,39)/t22-,24?,29?,32-/m1/s1. The quantitative estimate of drug-likeness (QED) is 0.418. The predicted molar refractivity (Wildman–Crippen MR) is 156 cm³/mol. The van der Waals surface area contributed by atoms with Gasteiger partial charge in [-0.3, -0.25) is 4.79 Å². The first-order chi connectivity index (χ1) is 19.8. The summed E-state index contributed by atoms with van der Waals surface area (Å²) in [5, 5.41) is 1.14. The lowest BCUT2D eigenvalue weighted by atomic mass is 9.77. The lowest BCUT2D eigenvalue weighted by Gasteiger charge is -2.38. The van der Waals surface area contributed by atoms with Gasteiger partial charge in [0.2, 0.25) is 0 Å². The van der Waals surface area contributed by atoms with Crippen molar-refractivity contribution < 1.29 is 19.1 Å². The topological polar surface area (TPSA) is 139 Å². The molecule has 1 aromatic heterocycles. The zero-order chi connectivity index (χ0) is 28.5. The van der Waals surface area contributed by atoms with Crippen molar-refractivity contribution in [2.75, 3.05) is 19.7 Å². The van der Waals surface area contributed by atoms with Crippen molar-refractivity contribution in [2.24, 2.45) is 23.1 Å². The summed E-state index contributed by atoms with van der Waals surface area (Å²) >= 11 is 0. The summed E-state index contributed by atoms with van der Waals surface area (Å²) in [4.78, 5) is 26.7. The molecule has 2 amide bonds. The van der Waals surface area contributed by atoms with E-state index >= 15 is 0 Å². The number of aromatic nitrogens is 1. The molecule has 0 radical (unpaired) electrons. The summed E-state index contributed by atoms with van der Waals surface area (Å²) in [7, 11) is 0. The summed E-state index contributed by atoms with van der Waals surface area (Å²) in [5.41, 5.74) is 24.7. The van der Waals surface area contributed by atoms with Gasteiger partial charge in [-0.1, -0.05) is 24.8 Å². The molecular formula is C32H37N5O4. The minimum Gasteiger partial charge on any atom is -0.493 e. The minimum atomic E-state index is -0.865. The molecular weight excluding hydrogens is 518 g/mol. The van der Waals surface area contributed by atoms with Crippen LogP contribution < -0.4 is 21.9 Å². The zero-order valence-corrected chi connectivity index (χ0v) is 23.2. The number of ether oxygens (including phenoxy) is 2. The highest BCUT2D eigenvalue weighted by Gasteiger charge is 2.54. The smallest absolute Gasteiger partial charge is 0.404 e. The van der Waals surface area contributed by atoms with Crippen LogP contribution in [0, 0.1) is 5.92 Å². The van der Waals surface area contributed by atoms with Crippen molar-refractivity contribution in [3.63, 3.8) is 0 Å². The Labute approximate surface area is 239 Å². The number of rotatable bonds is 6. The Balaban J connectivity index is 1.29. The molecule has 4 aliphatic rings. The van der Waals surface area contributed by atoms with Gasteiger partial charge in [0.1, 0.15) is 11.9 Å². The number of nitrogens with two attached hydrogens (primary N) is 3. The number of hydrogen-bond donors (Lipinski definition) is 3. The van der Waals surface area contributed by atoms with Crippen molar-refractivity contribution in [1.29, 1.82) is 0 Å². The van der Waals surface area contributed by atoms with Crippen LogP contribution in [0.5, 0.6) is 5.75 Å². The summed E-state index contributed by atoms with van der Waals surface area (Å²) in [6.45, 7) is 6.26. The lowest BCUT2D eigenvalue weighted by molar-refractivity contribution is 0.0373. The molecule has 2 unspecified atom stereocenters. The molecule has 3 heterocycles. The molecule has 9 nitrogen and oxygen atoms in total. The number of hydrogen-bond acceptors (Lipinski definition) is 6. The number of benzene rings is 2. The highest BCUT2D eigenvalue weighted by Crippen LogP contribution is 2.58. The average molecular weight is 556 g/mol. The van der Waals surface area contributed by atoms with Gasteiger partial charge in [0.15, 0.2) is 0 Å². The van der Waals surface area contributed by atoms with Crippen LogP contribution in [0.2, 0.25) is 0 Å². The Morgan fingerprint density at radius 2 is 1.98 bits per heavy atom. The van der Waals surface area contributed by atoms with Gasteiger partial charge in [0, 0.05) is 41.3 Å². The normalized spacial score (nSPS) is 26.9. The fourth-order valence-electron chi connectivity index (χ4n) is 7.32. The van der Waals surface area contributed by atoms with E-state index in [9.17, 15) is 9.59 Å². The van der Waals surface area contributed by atoms with Crippen molar-refractivity contribution >= 4 is 29.0 Å². The number of carbonyl (C=O) groups excluding carboxylic acids is 2. The van der Waals surface area contributed by atoms with Crippen LogP contribution in [0.15, 0.2) is 43.0 Å². The Hall–Kier alpha value is -3.82. The molecule has 3 aromatic rings. The van der Waals surface area contributed by atoms with Crippen LogP contribution in [0.25, 0.3) is 17.0 Å². The van der Waals surface area contributed by atoms with Crippen LogP contribution >= 0.6 is 0 Å². The molecule has 4 atom stereocenters. The van der Waals surface area contributed by atoms with E-state index in [1.807, 2.05) is 18.2 Å². The van der Waals surface area contributed by atoms with E-state index in [1.165, 1.54) is 12.8 Å². The molecule has 0 spiro atoms. The number of piperidine rings is 1. The number of carbonyl (C=O) groups is 2. The van der Waals surface area contributed by atoms with Crippen molar-refractivity contribution in [1.82, 2.24) is 9.47 Å². The number of primary amides is 1. The molecule has 214 valence electrons. The highest BCUT2D eigenvalue weighted by molar-refractivity contribution is 5.95. The fourth-order valence-corrected chi connectivity index (χ4v) is 7.32. The van der Waals surface area contributed by atoms with Gasteiger partial charge < -0.3 is 36.1 Å². The molecule has 6 N–H and O–H groups in total. The number of likely N-dealkylation sites (tertiary alicyclic amines) is 1. The van der Waals surface area contributed by atoms with Crippen molar-refractivity contribution in [3.8, 4) is 5.75 Å². The SMILES string of the molecule is C=Cc1ccc2cc([C@@]3(N)C(N)c4cc(C(=O)N5CCC[C@@H](OC(N)=O)C5)cc5c4C3CCO5)n(CC3CC3)c2c1. The maximum absolute atomic E-state index is 13.7. The first kappa shape index (κ1) is 26.1. The summed E-state index contributed by atoms with van der Waals surface area (Å²) in [6, 6.07) is 11.8. The third-order valence-electron chi connectivity index (χ3n) is 9.55. The van der Waals surface area contributed by atoms with E-state index in [0.29, 0.717) is 43.3 Å². The summed E-state index contributed by atoms with van der Waals surface area (Å²) < 4.78 is 13.7. The lowest BCUT2D eigenvalue weighted by Crippen LogP contribution is -2.49. The van der Waals surface area contributed by atoms with Gasteiger partial charge in [-0.25, -0.2) is 4.79 Å². The monoisotopic (exact) mass is 555 g/mol. The van der Waals surface area contributed by atoms with E-state index in [-0.39, 0.29) is 11.8 Å². The second kappa shape index (κ2) is 9.63. The molecule has 9 heteroatoms. The van der Waals surface area contributed by atoms with Gasteiger partial charge in [-0.15, -0.1) is 0 Å². The fraction of sp³-hybridized carbons (Fsp3) is 0.438. The molecule has 2 fully saturated rings. The third-order valence-corrected chi connectivity index (χ3v) is 9.55. The first-order valence-corrected chi connectivity index (χ1v) is 14.6. The minimum absolute atomic E-state index is 0.0372. The summed E-state index contributed by atoms with van der Waals surface area (Å²) in [5.74, 6) is 1.14. The van der Waals surface area contributed by atoms with Gasteiger partial charge in [0.25, 0.3) is 5.91 Å². The number of fused-ring (bicyclic) bond motifs is 1. The van der Waals surface area contributed by atoms with Gasteiger partial charge >= 0.3 is 6.09 Å². The van der Waals surface area contributed by atoms with Gasteiger partial charge in [-0.05, 0) is 78.8 Å². The second-order valence-electron chi connectivity index (χ2n) is 12.1. The van der Waals surface area contributed by atoms with Crippen LogP contribution in [-0.2, 0) is 16.8 Å². The van der Waals surface area contributed by atoms with E-state index < -0.39 is 23.8 Å².